The van der Waals surface area contributed by atoms with E-state index in [9.17, 15) is 4.79 Å². The summed E-state index contributed by atoms with van der Waals surface area (Å²) in [5.74, 6) is 0.866. The highest BCUT2D eigenvalue weighted by Crippen LogP contribution is 2.33. The van der Waals surface area contributed by atoms with Crippen LogP contribution in [0, 0.1) is 11.3 Å². The molecule has 1 aliphatic rings. The number of hydrogen-bond donors (Lipinski definition) is 0. The molecule has 2 aromatic rings. The number of methoxy groups -OCH3 is 1. The second kappa shape index (κ2) is 6.93. The number of amides is 1. The molecule has 6 heteroatoms. The number of rotatable bonds is 4. The number of ether oxygens (including phenoxy) is 2. The fourth-order valence-corrected chi connectivity index (χ4v) is 3.89. The first kappa shape index (κ1) is 16.3. The maximum atomic E-state index is 12.5. The quantitative estimate of drug-likeness (QED) is 0.856. The van der Waals surface area contributed by atoms with Crippen molar-refractivity contribution in [1.29, 1.82) is 5.26 Å². The molecule has 0 saturated heterocycles. The van der Waals surface area contributed by atoms with E-state index in [2.05, 4.69) is 11.4 Å². The molecule has 2 heterocycles. The predicted octanol–water partition coefficient (Wildman–Crippen LogP) is 3.15. The number of nitriles is 1. The largest absolute Gasteiger partial charge is 0.493 e. The lowest BCUT2D eigenvalue weighted by molar-refractivity contribution is -0.135. The number of carbonyl (C=O) groups is 1. The lowest BCUT2D eigenvalue weighted by Crippen LogP contribution is -2.40. The SMILES string of the molecule is COc1cc(C#N)ccc1OCC(=O)N1CCc2sccc2[C@@H]1C. The Bertz CT molecular complexity index is 794. The molecule has 0 N–H and O–H groups in total. The van der Waals surface area contributed by atoms with Crippen molar-refractivity contribution in [3.05, 3.63) is 45.6 Å². The Kier molecular flexibility index (Phi) is 4.72. The van der Waals surface area contributed by atoms with Gasteiger partial charge in [0.25, 0.3) is 5.91 Å². The molecule has 1 aliphatic heterocycles. The highest BCUT2D eigenvalue weighted by molar-refractivity contribution is 7.10. The number of benzene rings is 1. The number of thiophene rings is 1. The molecular formula is C18H18N2O3S. The van der Waals surface area contributed by atoms with Gasteiger partial charge in [0.05, 0.1) is 24.8 Å². The van der Waals surface area contributed by atoms with E-state index in [4.69, 9.17) is 14.7 Å². The smallest absolute Gasteiger partial charge is 0.261 e. The molecule has 0 spiro atoms. The Labute approximate surface area is 145 Å². The average Bonchev–Trinajstić information content (AvgIpc) is 3.09. The van der Waals surface area contributed by atoms with Crippen LogP contribution in [0.1, 0.15) is 29.0 Å². The van der Waals surface area contributed by atoms with Crippen LogP contribution in [-0.4, -0.2) is 31.1 Å². The van der Waals surface area contributed by atoms with Crippen molar-refractivity contribution in [3.8, 4) is 17.6 Å². The second-order valence-electron chi connectivity index (χ2n) is 5.58. The molecule has 1 atom stereocenters. The lowest BCUT2D eigenvalue weighted by atomic mass is 10.0. The highest BCUT2D eigenvalue weighted by atomic mass is 32.1. The van der Waals surface area contributed by atoms with Crippen LogP contribution in [0.15, 0.2) is 29.6 Å². The van der Waals surface area contributed by atoms with Gasteiger partial charge >= 0.3 is 0 Å². The first-order valence-corrected chi connectivity index (χ1v) is 8.58. The standard InChI is InChI=1S/C18H18N2O3S/c1-12-14-6-8-24-17(14)5-7-20(12)18(21)11-23-15-4-3-13(10-19)9-16(15)22-2/h3-4,6,8-9,12H,5,7,11H2,1-2H3/t12-/m0/s1. The van der Waals surface area contributed by atoms with Gasteiger partial charge in [-0.2, -0.15) is 5.26 Å². The minimum atomic E-state index is -0.0502. The first-order valence-electron chi connectivity index (χ1n) is 7.70. The zero-order chi connectivity index (χ0) is 17.1. The Hall–Kier alpha value is -2.52. The molecule has 1 amide bonds. The van der Waals surface area contributed by atoms with E-state index in [1.54, 1.807) is 29.5 Å². The van der Waals surface area contributed by atoms with Crippen LogP contribution in [0.2, 0.25) is 0 Å². The summed E-state index contributed by atoms with van der Waals surface area (Å²) in [6.07, 6.45) is 0.892. The fourth-order valence-electron chi connectivity index (χ4n) is 2.93. The van der Waals surface area contributed by atoms with E-state index in [-0.39, 0.29) is 18.6 Å². The van der Waals surface area contributed by atoms with E-state index >= 15 is 0 Å². The minimum Gasteiger partial charge on any atom is -0.493 e. The molecule has 0 saturated carbocycles. The van der Waals surface area contributed by atoms with Gasteiger partial charge in [-0.05, 0) is 42.5 Å². The molecule has 0 unspecified atom stereocenters. The van der Waals surface area contributed by atoms with E-state index in [0.29, 0.717) is 23.6 Å². The van der Waals surface area contributed by atoms with Crippen LogP contribution in [-0.2, 0) is 11.2 Å². The summed E-state index contributed by atoms with van der Waals surface area (Å²) in [5, 5.41) is 11.0. The van der Waals surface area contributed by atoms with Gasteiger partial charge in [-0.3, -0.25) is 4.79 Å². The summed E-state index contributed by atoms with van der Waals surface area (Å²) in [6, 6.07) is 9.10. The van der Waals surface area contributed by atoms with Gasteiger partial charge in [-0.1, -0.05) is 0 Å². The van der Waals surface area contributed by atoms with Gasteiger partial charge < -0.3 is 14.4 Å². The van der Waals surface area contributed by atoms with Crippen LogP contribution < -0.4 is 9.47 Å². The topological polar surface area (TPSA) is 62.6 Å². The first-order chi connectivity index (χ1) is 11.6. The zero-order valence-corrected chi connectivity index (χ0v) is 14.4. The van der Waals surface area contributed by atoms with Gasteiger partial charge in [0.1, 0.15) is 0 Å². The normalized spacial score (nSPS) is 16.2. The highest BCUT2D eigenvalue weighted by Gasteiger charge is 2.28. The molecule has 1 aromatic carbocycles. The van der Waals surface area contributed by atoms with Gasteiger partial charge in [-0.15, -0.1) is 11.3 Å². The van der Waals surface area contributed by atoms with Gasteiger partial charge in [-0.25, -0.2) is 0 Å². The van der Waals surface area contributed by atoms with E-state index in [1.807, 2.05) is 17.9 Å². The van der Waals surface area contributed by atoms with Crippen molar-refractivity contribution >= 4 is 17.2 Å². The average molecular weight is 342 g/mol. The number of nitrogens with zero attached hydrogens (tertiary/aromatic N) is 2. The summed E-state index contributed by atoms with van der Waals surface area (Å²) in [5.41, 5.74) is 1.72. The summed E-state index contributed by atoms with van der Waals surface area (Å²) < 4.78 is 10.9. The van der Waals surface area contributed by atoms with E-state index < -0.39 is 0 Å². The van der Waals surface area contributed by atoms with Crippen LogP contribution in [0.25, 0.3) is 0 Å². The minimum absolute atomic E-state index is 0.0495. The van der Waals surface area contributed by atoms with Gasteiger partial charge in [0.15, 0.2) is 18.1 Å². The Morgan fingerprint density at radius 3 is 3.00 bits per heavy atom. The number of carbonyl (C=O) groups excluding carboxylic acids is 1. The Morgan fingerprint density at radius 1 is 1.42 bits per heavy atom. The van der Waals surface area contributed by atoms with Crippen molar-refractivity contribution in [1.82, 2.24) is 4.90 Å². The molecule has 5 nitrogen and oxygen atoms in total. The third-order valence-corrected chi connectivity index (χ3v) is 5.24. The summed E-state index contributed by atoms with van der Waals surface area (Å²) in [7, 11) is 1.51. The third kappa shape index (κ3) is 3.08. The van der Waals surface area contributed by atoms with Crippen molar-refractivity contribution in [3.63, 3.8) is 0 Å². The summed E-state index contributed by atoms with van der Waals surface area (Å²) in [6.45, 7) is 2.71. The molecule has 0 radical (unpaired) electrons. The molecule has 1 aromatic heterocycles. The predicted molar refractivity (Wildman–Crippen MR) is 91.4 cm³/mol. The molecular weight excluding hydrogens is 324 g/mol. The van der Waals surface area contributed by atoms with Crippen LogP contribution in [0.3, 0.4) is 0 Å². The number of fused-ring (bicyclic) bond motifs is 1. The maximum Gasteiger partial charge on any atom is 0.261 e. The van der Waals surface area contributed by atoms with Crippen molar-refractivity contribution in [2.45, 2.75) is 19.4 Å². The van der Waals surface area contributed by atoms with Crippen molar-refractivity contribution in [2.75, 3.05) is 20.3 Å². The summed E-state index contributed by atoms with van der Waals surface area (Å²) in [4.78, 5) is 15.8. The third-order valence-electron chi connectivity index (χ3n) is 4.24. The lowest BCUT2D eigenvalue weighted by Gasteiger charge is -2.33. The van der Waals surface area contributed by atoms with E-state index in [0.717, 1.165) is 6.42 Å². The van der Waals surface area contributed by atoms with E-state index in [1.165, 1.54) is 17.6 Å². The van der Waals surface area contributed by atoms with Crippen molar-refractivity contribution < 1.29 is 14.3 Å². The molecule has 0 fully saturated rings. The summed E-state index contributed by atoms with van der Waals surface area (Å²) >= 11 is 1.75. The zero-order valence-electron chi connectivity index (χ0n) is 13.6. The molecule has 0 bridgehead atoms. The van der Waals surface area contributed by atoms with Crippen LogP contribution >= 0.6 is 11.3 Å². The second-order valence-corrected chi connectivity index (χ2v) is 6.58. The molecule has 3 rings (SSSR count). The van der Waals surface area contributed by atoms with Crippen LogP contribution in [0.5, 0.6) is 11.5 Å². The van der Waals surface area contributed by atoms with Gasteiger partial charge in [0.2, 0.25) is 0 Å². The Balaban J connectivity index is 1.67. The fraction of sp³-hybridized carbons (Fsp3) is 0.333. The monoisotopic (exact) mass is 342 g/mol. The van der Waals surface area contributed by atoms with Gasteiger partial charge in [0, 0.05) is 17.5 Å². The molecule has 124 valence electrons. The Morgan fingerprint density at radius 2 is 2.25 bits per heavy atom. The van der Waals surface area contributed by atoms with Crippen LogP contribution in [0.4, 0.5) is 0 Å². The van der Waals surface area contributed by atoms with Crippen molar-refractivity contribution in [2.24, 2.45) is 0 Å². The maximum absolute atomic E-state index is 12.5. The number of hydrogen-bond acceptors (Lipinski definition) is 5. The molecule has 24 heavy (non-hydrogen) atoms. The molecule has 0 aliphatic carbocycles.